The van der Waals surface area contributed by atoms with Crippen LogP contribution in [0, 0.1) is 0 Å². The van der Waals surface area contributed by atoms with E-state index >= 15 is 0 Å². The summed E-state index contributed by atoms with van der Waals surface area (Å²) in [5.41, 5.74) is -1.14. The SMILES string of the molecule is C=C(C(O)C1COCCN1)C(F)(F)F. The lowest BCUT2D eigenvalue weighted by molar-refractivity contribution is -0.110. The predicted octanol–water partition coefficient (Wildman–Crippen LogP) is 0.454. The average molecular weight is 211 g/mol. The highest BCUT2D eigenvalue weighted by molar-refractivity contribution is 5.12. The number of rotatable bonds is 2. The third-order valence-corrected chi connectivity index (χ3v) is 2.05. The third-order valence-electron chi connectivity index (χ3n) is 2.05. The van der Waals surface area contributed by atoms with Crippen molar-refractivity contribution >= 4 is 0 Å². The van der Waals surface area contributed by atoms with Gasteiger partial charge in [0.25, 0.3) is 0 Å². The van der Waals surface area contributed by atoms with Gasteiger partial charge in [-0.05, 0) is 0 Å². The van der Waals surface area contributed by atoms with E-state index in [-0.39, 0.29) is 6.61 Å². The second-order valence-corrected chi connectivity index (χ2v) is 3.10. The molecule has 0 aliphatic carbocycles. The van der Waals surface area contributed by atoms with Crippen molar-refractivity contribution in [3.05, 3.63) is 12.2 Å². The van der Waals surface area contributed by atoms with Crippen LogP contribution < -0.4 is 5.32 Å². The van der Waals surface area contributed by atoms with Crippen molar-refractivity contribution in [1.82, 2.24) is 5.32 Å². The van der Waals surface area contributed by atoms with E-state index < -0.39 is 23.9 Å². The summed E-state index contributed by atoms with van der Waals surface area (Å²) >= 11 is 0. The molecule has 1 saturated heterocycles. The maximum Gasteiger partial charge on any atom is 0.414 e. The van der Waals surface area contributed by atoms with Gasteiger partial charge in [0.15, 0.2) is 0 Å². The number of aliphatic hydroxyl groups excluding tert-OH is 1. The molecule has 0 aromatic rings. The Morgan fingerprint density at radius 3 is 2.64 bits per heavy atom. The number of alkyl halides is 3. The first kappa shape index (κ1) is 11.5. The lowest BCUT2D eigenvalue weighted by Gasteiger charge is -2.29. The molecule has 6 heteroatoms. The first-order valence-electron chi connectivity index (χ1n) is 4.18. The van der Waals surface area contributed by atoms with Gasteiger partial charge >= 0.3 is 6.18 Å². The van der Waals surface area contributed by atoms with E-state index in [9.17, 15) is 18.3 Å². The van der Waals surface area contributed by atoms with Crippen LogP contribution in [0.15, 0.2) is 12.2 Å². The molecule has 0 aromatic heterocycles. The van der Waals surface area contributed by atoms with Gasteiger partial charge in [0.2, 0.25) is 0 Å². The zero-order chi connectivity index (χ0) is 10.8. The molecule has 2 N–H and O–H groups in total. The molecular weight excluding hydrogens is 199 g/mol. The van der Waals surface area contributed by atoms with Gasteiger partial charge in [-0.3, -0.25) is 0 Å². The Kier molecular flexibility index (Phi) is 3.52. The monoisotopic (exact) mass is 211 g/mol. The minimum atomic E-state index is -4.56. The van der Waals surface area contributed by atoms with Gasteiger partial charge in [0, 0.05) is 6.54 Å². The molecule has 0 saturated carbocycles. The smallest absolute Gasteiger partial charge is 0.387 e. The molecule has 0 radical (unpaired) electrons. The van der Waals surface area contributed by atoms with Crippen LogP contribution in [0.4, 0.5) is 13.2 Å². The highest BCUT2D eigenvalue weighted by atomic mass is 19.4. The number of hydrogen-bond acceptors (Lipinski definition) is 3. The lowest BCUT2D eigenvalue weighted by atomic mass is 10.0. The van der Waals surface area contributed by atoms with Gasteiger partial charge in [0.05, 0.1) is 24.8 Å². The number of halogens is 3. The molecule has 14 heavy (non-hydrogen) atoms. The van der Waals surface area contributed by atoms with Crippen LogP contribution in [0.1, 0.15) is 0 Å². The zero-order valence-corrected chi connectivity index (χ0v) is 7.47. The summed E-state index contributed by atoms with van der Waals surface area (Å²) in [6.45, 7) is 3.78. The molecule has 1 fully saturated rings. The van der Waals surface area contributed by atoms with Crippen molar-refractivity contribution in [2.75, 3.05) is 19.8 Å². The molecule has 82 valence electrons. The molecule has 1 aliphatic rings. The fourth-order valence-electron chi connectivity index (χ4n) is 1.20. The van der Waals surface area contributed by atoms with Crippen LogP contribution >= 0.6 is 0 Å². The standard InChI is InChI=1S/C8H12F3NO2/c1-5(8(9,10)11)7(13)6-4-14-3-2-12-6/h6-7,12-13H,1-4H2. The summed E-state index contributed by atoms with van der Waals surface area (Å²) in [5.74, 6) is 0. The van der Waals surface area contributed by atoms with Crippen molar-refractivity contribution < 1.29 is 23.0 Å². The van der Waals surface area contributed by atoms with E-state index in [4.69, 9.17) is 4.74 Å². The fraction of sp³-hybridized carbons (Fsp3) is 0.750. The average Bonchev–Trinajstić information content (AvgIpc) is 2.15. The van der Waals surface area contributed by atoms with Gasteiger partial charge in [-0.1, -0.05) is 6.58 Å². The highest BCUT2D eigenvalue weighted by Gasteiger charge is 2.39. The lowest BCUT2D eigenvalue weighted by Crippen LogP contribution is -2.50. The Morgan fingerprint density at radius 1 is 1.57 bits per heavy atom. The number of morpholine rings is 1. The second-order valence-electron chi connectivity index (χ2n) is 3.10. The molecular formula is C8H12F3NO2. The van der Waals surface area contributed by atoms with Crippen LogP contribution in [0.5, 0.6) is 0 Å². The summed E-state index contributed by atoms with van der Waals surface area (Å²) < 4.78 is 41.3. The van der Waals surface area contributed by atoms with Crippen molar-refractivity contribution in [3.63, 3.8) is 0 Å². The van der Waals surface area contributed by atoms with Crippen molar-refractivity contribution in [2.24, 2.45) is 0 Å². The first-order chi connectivity index (χ1) is 6.43. The fourth-order valence-corrected chi connectivity index (χ4v) is 1.20. The van der Waals surface area contributed by atoms with E-state index in [1.807, 2.05) is 0 Å². The van der Waals surface area contributed by atoms with E-state index in [2.05, 4.69) is 11.9 Å². The minimum Gasteiger partial charge on any atom is -0.387 e. The van der Waals surface area contributed by atoms with Gasteiger partial charge < -0.3 is 15.2 Å². The molecule has 2 unspecified atom stereocenters. The van der Waals surface area contributed by atoms with Crippen LogP contribution in [0.2, 0.25) is 0 Å². The Labute approximate surface area is 79.6 Å². The topological polar surface area (TPSA) is 41.5 Å². The van der Waals surface area contributed by atoms with E-state index in [1.54, 1.807) is 0 Å². The Morgan fingerprint density at radius 2 is 2.21 bits per heavy atom. The van der Waals surface area contributed by atoms with Crippen LogP contribution in [-0.4, -0.2) is 43.2 Å². The molecule has 0 bridgehead atoms. The molecule has 3 nitrogen and oxygen atoms in total. The van der Waals surface area contributed by atoms with Crippen LogP contribution in [0.3, 0.4) is 0 Å². The summed E-state index contributed by atoms with van der Waals surface area (Å²) in [7, 11) is 0. The quantitative estimate of drug-likeness (QED) is 0.652. The summed E-state index contributed by atoms with van der Waals surface area (Å²) in [6, 6.07) is -0.724. The first-order valence-corrected chi connectivity index (χ1v) is 4.18. The molecule has 1 heterocycles. The second kappa shape index (κ2) is 4.29. The highest BCUT2D eigenvalue weighted by Crippen LogP contribution is 2.28. The van der Waals surface area contributed by atoms with Crippen LogP contribution in [0.25, 0.3) is 0 Å². The normalized spacial score (nSPS) is 25.9. The molecule has 2 atom stereocenters. The van der Waals surface area contributed by atoms with Gasteiger partial charge in [-0.2, -0.15) is 13.2 Å². The molecule has 1 rings (SSSR count). The molecule has 0 aromatic carbocycles. The predicted molar refractivity (Wildman–Crippen MR) is 43.8 cm³/mol. The molecule has 1 aliphatic heterocycles. The third kappa shape index (κ3) is 2.70. The van der Waals surface area contributed by atoms with Crippen LogP contribution in [-0.2, 0) is 4.74 Å². The maximum atomic E-state index is 12.1. The largest absolute Gasteiger partial charge is 0.414 e. The summed E-state index contributed by atoms with van der Waals surface area (Å²) in [6.07, 6.45) is -6.20. The zero-order valence-electron chi connectivity index (χ0n) is 7.47. The van der Waals surface area contributed by atoms with Crippen molar-refractivity contribution in [1.29, 1.82) is 0 Å². The number of ether oxygens (including phenoxy) is 1. The maximum absolute atomic E-state index is 12.1. The number of aliphatic hydroxyl groups is 1. The summed E-state index contributed by atoms with van der Waals surface area (Å²) in [5, 5.41) is 12.1. The van der Waals surface area contributed by atoms with Gasteiger partial charge in [-0.15, -0.1) is 0 Å². The minimum absolute atomic E-state index is 0.0657. The van der Waals surface area contributed by atoms with Crippen molar-refractivity contribution in [2.45, 2.75) is 18.3 Å². The van der Waals surface area contributed by atoms with E-state index in [0.717, 1.165) is 0 Å². The molecule has 0 amide bonds. The van der Waals surface area contributed by atoms with Gasteiger partial charge in [-0.25, -0.2) is 0 Å². The van der Waals surface area contributed by atoms with E-state index in [0.29, 0.717) is 13.2 Å². The summed E-state index contributed by atoms with van der Waals surface area (Å²) in [4.78, 5) is 0. The number of hydrogen-bond donors (Lipinski definition) is 2. The van der Waals surface area contributed by atoms with Gasteiger partial charge in [0.1, 0.15) is 6.10 Å². The number of nitrogens with one attached hydrogen (secondary N) is 1. The Hall–Kier alpha value is -0.590. The molecule has 0 spiro atoms. The Balaban J connectivity index is 2.55. The van der Waals surface area contributed by atoms with Crippen molar-refractivity contribution in [3.8, 4) is 0 Å². The Bertz CT molecular complexity index is 211. The van der Waals surface area contributed by atoms with E-state index in [1.165, 1.54) is 0 Å².